The van der Waals surface area contributed by atoms with Gasteiger partial charge < -0.3 is 11.5 Å². The molecule has 0 unspecified atom stereocenters. The van der Waals surface area contributed by atoms with E-state index in [0.717, 1.165) is 6.07 Å². The Balaban J connectivity index is 0.000000921. The van der Waals surface area contributed by atoms with E-state index in [2.05, 4.69) is 4.98 Å². The van der Waals surface area contributed by atoms with Crippen LogP contribution in [0.1, 0.15) is 25.0 Å². The Morgan fingerprint density at radius 2 is 1.67 bits per heavy atom. The molecule has 1 heterocycles. The van der Waals surface area contributed by atoms with Gasteiger partial charge in [-0.2, -0.15) is 13.2 Å². The molecule has 0 radical (unpaired) electrons. The maximum Gasteiger partial charge on any atom is 0.420 e. The summed E-state index contributed by atoms with van der Waals surface area (Å²) in [4.78, 5) is 3.34. The molecule has 0 aliphatic rings. The number of pyridine rings is 1. The number of aromatic nitrogens is 1. The van der Waals surface area contributed by atoms with Crippen molar-refractivity contribution >= 4 is 11.6 Å². The van der Waals surface area contributed by atoms with Crippen molar-refractivity contribution in [3.63, 3.8) is 0 Å². The van der Waals surface area contributed by atoms with Crippen LogP contribution in [0.2, 0.25) is 0 Å². The van der Waals surface area contributed by atoms with Gasteiger partial charge in [-0.25, -0.2) is 4.98 Å². The molecule has 0 aliphatic carbocycles. The second kappa shape index (κ2) is 4.86. The van der Waals surface area contributed by atoms with E-state index in [9.17, 15) is 13.2 Å². The Morgan fingerprint density at radius 1 is 1.20 bits per heavy atom. The Bertz CT molecular complexity index is 311. The van der Waals surface area contributed by atoms with Crippen LogP contribution in [0.5, 0.6) is 0 Å². The Labute approximate surface area is 86.3 Å². The van der Waals surface area contributed by atoms with Crippen molar-refractivity contribution in [2.75, 3.05) is 11.5 Å². The summed E-state index contributed by atoms with van der Waals surface area (Å²) >= 11 is 0. The molecule has 4 N–H and O–H groups in total. The Kier molecular flexibility index (Phi) is 4.39. The summed E-state index contributed by atoms with van der Waals surface area (Å²) in [6, 6.07) is 1.14. The summed E-state index contributed by atoms with van der Waals surface area (Å²) in [5, 5.41) is 0. The molecule has 1 aromatic rings. The lowest BCUT2D eigenvalue weighted by molar-refractivity contribution is -0.137. The quantitative estimate of drug-likeness (QED) is 0.707. The third kappa shape index (κ3) is 3.30. The summed E-state index contributed by atoms with van der Waals surface area (Å²) in [6.07, 6.45) is -4.48. The van der Waals surface area contributed by atoms with E-state index in [4.69, 9.17) is 11.5 Å². The molecule has 0 aromatic carbocycles. The molecule has 0 amide bonds. The summed E-state index contributed by atoms with van der Waals surface area (Å²) in [7, 11) is 0. The van der Waals surface area contributed by atoms with E-state index in [0.29, 0.717) is 0 Å². The average Bonchev–Trinajstić information content (AvgIpc) is 2.02. The van der Waals surface area contributed by atoms with Gasteiger partial charge in [-0.15, -0.1) is 0 Å². The summed E-state index contributed by atoms with van der Waals surface area (Å²) in [5.74, 6) is -0.590. The first-order valence-electron chi connectivity index (χ1n) is 4.42. The number of rotatable bonds is 0. The van der Waals surface area contributed by atoms with E-state index in [1.807, 2.05) is 13.8 Å². The number of nitrogens with two attached hydrogens (primary N) is 2. The van der Waals surface area contributed by atoms with E-state index < -0.39 is 17.6 Å². The molecule has 0 bridgehead atoms. The minimum atomic E-state index is -4.48. The van der Waals surface area contributed by atoms with Crippen LogP contribution in [0.4, 0.5) is 24.8 Å². The second-order valence-corrected chi connectivity index (χ2v) is 2.62. The van der Waals surface area contributed by atoms with Crippen molar-refractivity contribution in [3.05, 3.63) is 17.2 Å². The lowest BCUT2D eigenvalue weighted by atomic mass is 10.1. The largest absolute Gasteiger partial charge is 0.420 e. The zero-order chi connectivity index (χ0) is 12.2. The van der Waals surface area contributed by atoms with Crippen LogP contribution >= 0.6 is 0 Å². The number of nitrogens with zero attached hydrogens (tertiary/aromatic N) is 1. The lowest BCUT2D eigenvalue weighted by Crippen LogP contribution is -2.13. The third-order valence-electron chi connectivity index (χ3n) is 1.55. The average molecular weight is 221 g/mol. The van der Waals surface area contributed by atoms with Crippen LogP contribution in [-0.2, 0) is 6.18 Å². The molecule has 0 saturated carbocycles. The monoisotopic (exact) mass is 221 g/mol. The molecule has 0 atom stereocenters. The molecule has 1 aromatic heterocycles. The van der Waals surface area contributed by atoms with E-state index >= 15 is 0 Å². The molecular formula is C9H14F3N3. The highest BCUT2D eigenvalue weighted by Crippen LogP contribution is 2.35. The fourth-order valence-corrected chi connectivity index (χ4v) is 1.09. The number of anilines is 2. The number of aryl methyl sites for hydroxylation is 1. The van der Waals surface area contributed by atoms with Crippen molar-refractivity contribution in [1.29, 1.82) is 0 Å². The van der Waals surface area contributed by atoms with Gasteiger partial charge in [-0.05, 0) is 18.6 Å². The number of hydrogen-bond donors (Lipinski definition) is 2. The van der Waals surface area contributed by atoms with Gasteiger partial charge in [0.05, 0.1) is 0 Å². The SMILES string of the molecule is CC.Cc1cc(N)nc(N)c1C(F)(F)F. The molecule has 0 fully saturated rings. The molecule has 6 heteroatoms. The zero-order valence-corrected chi connectivity index (χ0v) is 8.81. The minimum Gasteiger partial charge on any atom is -0.384 e. The molecule has 3 nitrogen and oxygen atoms in total. The van der Waals surface area contributed by atoms with Crippen LogP contribution in [-0.4, -0.2) is 4.98 Å². The molecule has 1 rings (SSSR count). The van der Waals surface area contributed by atoms with Crippen LogP contribution < -0.4 is 11.5 Å². The topological polar surface area (TPSA) is 64.9 Å². The second-order valence-electron chi connectivity index (χ2n) is 2.62. The first-order valence-corrected chi connectivity index (χ1v) is 4.42. The molecule has 86 valence electrons. The normalized spacial score (nSPS) is 10.5. The molecule has 15 heavy (non-hydrogen) atoms. The number of alkyl halides is 3. The van der Waals surface area contributed by atoms with Crippen LogP contribution in [0.15, 0.2) is 6.07 Å². The summed E-state index contributed by atoms with van der Waals surface area (Å²) < 4.78 is 36.8. The molecule has 0 saturated heterocycles. The molecular weight excluding hydrogens is 207 g/mol. The smallest absolute Gasteiger partial charge is 0.384 e. The maximum atomic E-state index is 12.3. The van der Waals surface area contributed by atoms with Gasteiger partial charge >= 0.3 is 6.18 Å². The fourth-order valence-electron chi connectivity index (χ4n) is 1.09. The van der Waals surface area contributed by atoms with Gasteiger partial charge in [0, 0.05) is 0 Å². The maximum absolute atomic E-state index is 12.3. The first-order chi connectivity index (χ1) is 6.82. The van der Waals surface area contributed by atoms with Crippen molar-refractivity contribution in [2.45, 2.75) is 26.9 Å². The minimum absolute atomic E-state index is 0.0111. The Morgan fingerprint density at radius 3 is 2.00 bits per heavy atom. The van der Waals surface area contributed by atoms with Gasteiger partial charge in [0.25, 0.3) is 0 Å². The Hall–Kier alpha value is -1.46. The van der Waals surface area contributed by atoms with Crippen molar-refractivity contribution < 1.29 is 13.2 Å². The van der Waals surface area contributed by atoms with Gasteiger partial charge in [-0.1, -0.05) is 13.8 Å². The number of nitrogen functional groups attached to an aromatic ring is 2. The van der Waals surface area contributed by atoms with E-state index in [-0.39, 0.29) is 11.4 Å². The highest BCUT2D eigenvalue weighted by Gasteiger charge is 2.35. The van der Waals surface area contributed by atoms with Crippen LogP contribution in [0.25, 0.3) is 0 Å². The van der Waals surface area contributed by atoms with Gasteiger partial charge in [0.15, 0.2) is 0 Å². The van der Waals surface area contributed by atoms with Crippen LogP contribution in [0, 0.1) is 6.92 Å². The standard InChI is InChI=1S/C7H8F3N3.C2H6/c1-3-2-4(11)13-6(12)5(3)7(8,9)10;1-2/h2H,1H3,(H4,11,12,13);1-2H3. The number of hydrogen-bond acceptors (Lipinski definition) is 3. The fraction of sp³-hybridized carbons (Fsp3) is 0.444. The predicted octanol–water partition coefficient (Wildman–Crippen LogP) is 2.60. The lowest BCUT2D eigenvalue weighted by Gasteiger charge is -2.12. The molecule has 0 spiro atoms. The van der Waals surface area contributed by atoms with Gasteiger partial charge in [0.1, 0.15) is 17.2 Å². The van der Waals surface area contributed by atoms with E-state index in [1.54, 1.807) is 0 Å². The van der Waals surface area contributed by atoms with Crippen molar-refractivity contribution in [1.82, 2.24) is 4.98 Å². The number of halogens is 3. The van der Waals surface area contributed by atoms with Crippen molar-refractivity contribution in [2.24, 2.45) is 0 Å². The summed E-state index contributed by atoms with van der Waals surface area (Å²) in [6.45, 7) is 5.29. The van der Waals surface area contributed by atoms with Crippen LogP contribution in [0.3, 0.4) is 0 Å². The molecule has 0 aliphatic heterocycles. The summed E-state index contributed by atoms with van der Waals surface area (Å²) in [5.41, 5.74) is 9.38. The van der Waals surface area contributed by atoms with Gasteiger partial charge in [0.2, 0.25) is 0 Å². The predicted molar refractivity (Wildman–Crippen MR) is 54.1 cm³/mol. The third-order valence-corrected chi connectivity index (χ3v) is 1.55. The van der Waals surface area contributed by atoms with Crippen molar-refractivity contribution in [3.8, 4) is 0 Å². The highest BCUT2D eigenvalue weighted by molar-refractivity contribution is 5.52. The van der Waals surface area contributed by atoms with Gasteiger partial charge in [-0.3, -0.25) is 0 Å². The zero-order valence-electron chi connectivity index (χ0n) is 8.81. The van der Waals surface area contributed by atoms with E-state index in [1.165, 1.54) is 6.92 Å². The first kappa shape index (κ1) is 13.5. The highest BCUT2D eigenvalue weighted by atomic mass is 19.4.